The number of phenols is 1. The highest BCUT2D eigenvalue weighted by molar-refractivity contribution is 7.92. The highest BCUT2D eigenvalue weighted by atomic mass is 35.5. The molecule has 0 aliphatic heterocycles. The lowest BCUT2D eigenvalue weighted by Gasteiger charge is -2.07. The normalized spacial score (nSPS) is 11.3. The summed E-state index contributed by atoms with van der Waals surface area (Å²) < 4.78 is 35.8. The lowest BCUT2D eigenvalue weighted by atomic mass is 10.1. The summed E-state index contributed by atoms with van der Waals surface area (Å²) in [6, 6.07) is 12.6. The van der Waals surface area contributed by atoms with Crippen molar-refractivity contribution in [3.63, 3.8) is 0 Å². The second-order valence-corrected chi connectivity index (χ2v) is 9.72. The molecule has 3 aromatic rings. The van der Waals surface area contributed by atoms with E-state index >= 15 is 0 Å². The number of carbonyl (C=O) groups is 1. The average Bonchev–Trinajstić information content (AvgIpc) is 3.09. The van der Waals surface area contributed by atoms with E-state index in [1.54, 1.807) is 12.1 Å². The lowest BCUT2D eigenvalue weighted by Crippen LogP contribution is -2.05. The summed E-state index contributed by atoms with van der Waals surface area (Å²) in [6.07, 6.45) is 0. The molecule has 0 atom stereocenters. The summed E-state index contributed by atoms with van der Waals surface area (Å²) in [5.41, 5.74) is 0.997. The zero-order valence-electron chi connectivity index (χ0n) is 15.5. The molecule has 3 rings (SSSR count). The Labute approximate surface area is 177 Å². The summed E-state index contributed by atoms with van der Waals surface area (Å²) in [5, 5.41) is 10.3. The molecule has 0 radical (unpaired) electrons. The van der Waals surface area contributed by atoms with Gasteiger partial charge in [0.25, 0.3) is 0 Å². The molecule has 1 N–H and O–H groups in total. The van der Waals surface area contributed by atoms with E-state index in [2.05, 4.69) is 4.74 Å². The van der Waals surface area contributed by atoms with Gasteiger partial charge in [0, 0.05) is 5.56 Å². The van der Waals surface area contributed by atoms with Crippen molar-refractivity contribution in [2.45, 2.75) is 9.96 Å². The molecule has 1 aromatic heterocycles. The molecule has 152 valence electrons. The summed E-state index contributed by atoms with van der Waals surface area (Å²) in [4.78, 5) is 12.1. The van der Waals surface area contributed by atoms with Gasteiger partial charge in [-0.2, -0.15) is 0 Å². The summed E-state index contributed by atoms with van der Waals surface area (Å²) >= 11 is 7.36. The second kappa shape index (κ2) is 8.44. The third kappa shape index (κ3) is 4.39. The van der Waals surface area contributed by atoms with Crippen LogP contribution in [-0.2, 0) is 20.3 Å². The molecule has 1 heterocycles. The highest BCUT2D eigenvalue weighted by Crippen LogP contribution is 2.42. The van der Waals surface area contributed by atoms with E-state index in [1.807, 2.05) is 12.1 Å². The predicted molar refractivity (Wildman–Crippen MR) is 112 cm³/mol. The molecule has 2 aromatic carbocycles. The van der Waals surface area contributed by atoms with Gasteiger partial charge in [-0.25, -0.2) is 13.2 Å². The Morgan fingerprint density at radius 2 is 1.86 bits per heavy atom. The molecule has 0 unspecified atom stereocenters. The van der Waals surface area contributed by atoms with Crippen LogP contribution >= 0.6 is 22.9 Å². The van der Waals surface area contributed by atoms with Crippen LogP contribution in [0.4, 0.5) is 0 Å². The second-order valence-electron chi connectivity index (χ2n) is 6.04. The van der Waals surface area contributed by atoms with E-state index in [0.717, 1.165) is 11.3 Å². The number of esters is 1. The number of sulfone groups is 1. The molecule has 6 nitrogen and oxygen atoms in total. The first kappa shape index (κ1) is 21.2. The molecule has 0 bridgehead atoms. The van der Waals surface area contributed by atoms with Crippen LogP contribution in [0.25, 0.3) is 10.4 Å². The van der Waals surface area contributed by atoms with E-state index in [4.69, 9.17) is 16.3 Å². The number of rotatable bonds is 6. The van der Waals surface area contributed by atoms with Crippen LogP contribution in [0.5, 0.6) is 11.5 Å². The number of methoxy groups -OCH3 is 2. The molecular weight excluding hydrogens is 436 g/mol. The molecule has 0 aliphatic carbocycles. The maximum absolute atomic E-state index is 12.9. The van der Waals surface area contributed by atoms with Crippen molar-refractivity contribution in [3.8, 4) is 21.9 Å². The smallest absolute Gasteiger partial charge is 0.341 e. The first-order valence-electron chi connectivity index (χ1n) is 8.32. The van der Waals surface area contributed by atoms with Gasteiger partial charge in [0.05, 0.1) is 29.9 Å². The fourth-order valence-electron chi connectivity index (χ4n) is 2.76. The molecular formula is C20H17ClO6S2. The number of thiophene rings is 1. The van der Waals surface area contributed by atoms with Crippen molar-refractivity contribution < 1.29 is 27.8 Å². The number of halogens is 1. The Bertz CT molecular complexity index is 1170. The largest absolute Gasteiger partial charge is 0.507 e. The first-order chi connectivity index (χ1) is 13.8. The van der Waals surface area contributed by atoms with Gasteiger partial charge in [0.15, 0.2) is 9.84 Å². The maximum Gasteiger partial charge on any atom is 0.341 e. The number of hydrogen-bond donors (Lipinski definition) is 1. The Morgan fingerprint density at radius 3 is 2.52 bits per heavy atom. The fraction of sp³-hybridized carbons (Fsp3) is 0.150. The zero-order chi connectivity index (χ0) is 21.2. The topological polar surface area (TPSA) is 89.9 Å². The molecule has 9 heteroatoms. The van der Waals surface area contributed by atoms with Crippen LogP contribution in [0.1, 0.15) is 15.9 Å². The van der Waals surface area contributed by atoms with Gasteiger partial charge in [-0.05, 0) is 35.9 Å². The van der Waals surface area contributed by atoms with Crippen LogP contribution in [-0.4, -0.2) is 33.7 Å². The molecule has 0 saturated heterocycles. The predicted octanol–water partition coefficient (Wildman–Crippen LogP) is 4.54. The van der Waals surface area contributed by atoms with Gasteiger partial charge in [-0.15, -0.1) is 11.3 Å². The standard InChI is InChI=1S/C20H17ClO6S2/c1-26-17-6-4-3-5-14(17)19-15(21)10-18(28-19)29(24,25)11-12-7-8-13(16(22)9-12)20(23)27-2/h3-10,22H,11H2,1-2H3. The Morgan fingerprint density at radius 1 is 1.14 bits per heavy atom. The fourth-order valence-corrected chi connectivity index (χ4v) is 6.02. The quantitative estimate of drug-likeness (QED) is 0.552. The van der Waals surface area contributed by atoms with E-state index in [1.165, 1.54) is 38.5 Å². The molecule has 0 saturated carbocycles. The van der Waals surface area contributed by atoms with E-state index in [9.17, 15) is 18.3 Å². The van der Waals surface area contributed by atoms with Crippen molar-refractivity contribution in [1.82, 2.24) is 0 Å². The third-order valence-corrected chi connectivity index (χ3v) is 7.98. The lowest BCUT2D eigenvalue weighted by molar-refractivity contribution is 0.0597. The van der Waals surface area contributed by atoms with Crippen LogP contribution in [0.3, 0.4) is 0 Å². The summed E-state index contributed by atoms with van der Waals surface area (Å²) in [5.74, 6) is -0.820. The minimum absolute atomic E-state index is 0.0359. The summed E-state index contributed by atoms with van der Waals surface area (Å²) in [6.45, 7) is 0. The molecule has 0 aliphatic rings. The Balaban J connectivity index is 1.93. The third-order valence-electron chi connectivity index (χ3n) is 4.15. The van der Waals surface area contributed by atoms with Crippen LogP contribution < -0.4 is 4.74 Å². The average molecular weight is 453 g/mol. The van der Waals surface area contributed by atoms with Gasteiger partial charge in [-0.3, -0.25) is 0 Å². The van der Waals surface area contributed by atoms with Crippen molar-refractivity contribution in [3.05, 3.63) is 64.7 Å². The van der Waals surface area contributed by atoms with Crippen molar-refractivity contribution in [2.75, 3.05) is 14.2 Å². The molecule has 29 heavy (non-hydrogen) atoms. The van der Waals surface area contributed by atoms with Gasteiger partial charge >= 0.3 is 5.97 Å². The van der Waals surface area contributed by atoms with Crippen LogP contribution in [0.15, 0.2) is 52.7 Å². The first-order valence-corrected chi connectivity index (χ1v) is 11.2. The number of benzene rings is 2. The van der Waals surface area contributed by atoms with Gasteiger partial charge in [-0.1, -0.05) is 29.8 Å². The van der Waals surface area contributed by atoms with Crippen LogP contribution in [0, 0.1) is 0 Å². The van der Waals surface area contributed by atoms with Crippen molar-refractivity contribution in [1.29, 1.82) is 0 Å². The maximum atomic E-state index is 12.9. The number of aromatic hydroxyl groups is 1. The van der Waals surface area contributed by atoms with Crippen molar-refractivity contribution in [2.24, 2.45) is 0 Å². The van der Waals surface area contributed by atoms with E-state index in [-0.39, 0.29) is 21.3 Å². The Kier molecular flexibility index (Phi) is 6.16. The number of carbonyl (C=O) groups excluding carboxylic acids is 1. The minimum atomic E-state index is -3.73. The number of hydrogen-bond acceptors (Lipinski definition) is 7. The molecule has 0 spiro atoms. The molecule has 0 fully saturated rings. The van der Waals surface area contributed by atoms with Crippen molar-refractivity contribution >= 4 is 38.7 Å². The number of para-hydroxylation sites is 1. The van der Waals surface area contributed by atoms with E-state index in [0.29, 0.717) is 26.8 Å². The van der Waals surface area contributed by atoms with Gasteiger partial charge < -0.3 is 14.6 Å². The SMILES string of the molecule is COC(=O)c1ccc(CS(=O)(=O)c2cc(Cl)c(-c3ccccc3OC)s2)cc1O. The zero-order valence-corrected chi connectivity index (χ0v) is 17.9. The Hall–Kier alpha value is -2.55. The number of ether oxygens (including phenoxy) is 2. The number of phenolic OH excluding ortho intramolecular Hbond substituents is 1. The highest BCUT2D eigenvalue weighted by Gasteiger charge is 2.23. The van der Waals surface area contributed by atoms with Crippen LogP contribution in [0.2, 0.25) is 5.02 Å². The summed E-state index contributed by atoms with van der Waals surface area (Å²) in [7, 11) is -1.01. The molecule has 0 amide bonds. The monoisotopic (exact) mass is 452 g/mol. The minimum Gasteiger partial charge on any atom is -0.507 e. The van der Waals surface area contributed by atoms with Gasteiger partial charge in [0.2, 0.25) is 0 Å². The van der Waals surface area contributed by atoms with E-state index < -0.39 is 15.8 Å². The van der Waals surface area contributed by atoms with Gasteiger partial charge in [0.1, 0.15) is 21.3 Å².